The maximum Gasteiger partial charge on any atom is 0.196 e. The van der Waals surface area contributed by atoms with Gasteiger partial charge < -0.3 is 0 Å². The Morgan fingerprint density at radius 3 is 2.32 bits per heavy atom. The maximum atomic E-state index is 13.7. The molecule has 0 atom stereocenters. The van der Waals surface area contributed by atoms with Crippen LogP contribution in [0.1, 0.15) is 27.0 Å². The summed E-state index contributed by atoms with van der Waals surface area (Å²) in [6, 6.07) is 6.66. The minimum atomic E-state index is -0.824. The van der Waals surface area contributed by atoms with E-state index in [0.717, 1.165) is 23.3 Å². The van der Waals surface area contributed by atoms with Gasteiger partial charge >= 0.3 is 0 Å². The smallest absolute Gasteiger partial charge is 0.196 e. The summed E-state index contributed by atoms with van der Waals surface area (Å²) in [5.41, 5.74) is 1.95. The Balaban J connectivity index is 2.49. The molecule has 2 rings (SSSR count). The minimum Gasteiger partial charge on any atom is -0.288 e. The molecule has 0 aromatic heterocycles. The van der Waals surface area contributed by atoms with Gasteiger partial charge in [-0.05, 0) is 43.2 Å². The molecule has 0 amide bonds. The molecular formula is C15H11ClF2O. The Morgan fingerprint density at radius 2 is 1.68 bits per heavy atom. The number of rotatable bonds is 2. The number of carbonyl (C=O) groups excluding carboxylic acids is 1. The van der Waals surface area contributed by atoms with Crippen LogP contribution in [0.25, 0.3) is 0 Å². The van der Waals surface area contributed by atoms with Gasteiger partial charge in [-0.2, -0.15) is 0 Å². The molecule has 0 radical (unpaired) electrons. The molecule has 1 nitrogen and oxygen atoms in total. The number of ketones is 1. The second-order valence-electron chi connectivity index (χ2n) is 4.37. The Bertz CT molecular complexity index is 665. The molecule has 98 valence electrons. The number of halogens is 3. The van der Waals surface area contributed by atoms with E-state index < -0.39 is 17.4 Å². The molecule has 0 bridgehead atoms. The van der Waals surface area contributed by atoms with Crippen molar-refractivity contribution in [1.82, 2.24) is 0 Å². The van der Waals surface area contributed by atoms with Crippen LogP contribution in [0, 0.1) is 25.5 Å². The third kappa shape index (κ3) is 2.66. The molecule has 2 aromatic carbocycles. The Labute approximate surface area is 114 Å². The number of hydrogen-bond donors (Lipinski definition) is 0. The highest BCUT2D eigenvalue weighted by Gasteiger charge is 2.17. The number of benzene rings is 2. The fraction of sp³-hybridized carbons (Fsp3) is 0.133. The molecule has 19 heavy (non-hydrogen) atoms. The van der Waals surface area contributed by atoms with Gasteiger partial charge in [0.15, 0.2) is 5.78 Å². The Morgan fingerprint density at radius 1 is 1.00 bits per heavy atom. The van der Waals surface area contributed by atoms with Crippen LogP contribution >= 0.6 is 11.6 Å². The normalized spacial score (nSPS) is 10.6. The van der Waals surface area contributed by atoms with Crippen molar-refractivity contribution in [3.63, 3.8) is 0 Å². The lowest BCUT2D eigenvalue weighted by Gasteiger charge is -2.06. The van der Waals surface area contributed by atoms with Crippen molar-refractivity contribution < 1.29 is 13.6 Å². The van der Waals surface area contributed by atoms with Gasteiger partial charge in [-0.1, -0.05) is 23.7 Å². The lowest BCUT2D eigenvalue weighted by Crippen LogP contribution is -2.06. The van der Waals surface area contributed by atoms with E-state index in [0.29, 0.717) is 5.56 Å². The summed E-state index contributed by atoms with van der Waals surface area (Å²) in [7, 11) is 0. The summed E-state index contributed by atoms with van der Waals surface area (Å²) in [5.74, 6) is -2.19. The Hall–Kier alpha value is -1.74. The van der Waals surface area contributed by atoms with Crippen LogP contribution in [-0.2, 0) is 0 Å². The number of hydrogen-bond acceptors (Lipinski definition) is 1. The van der Waals surface area contributed by atoms with Crippen LogP contribution in [0.15, 0.2) is 30.3 Å². The van der Waals surface area contributed by atoms with Gasteiger partial charge in [-0.3, -0.25) is 4.79 Å². The SMILES string of the molecule is Cc1ccc(C(=O)c2cc(F)c(Cl)cc2F)cc1C. The van der Waals surface area contributed by atoms with E-state index in [1.165, 1.54) is 0 Å². The van der Waals surface area contributed by atoms with E-state index in [9.17, 15) is 13.6 Å². The molecule has 0 heterocycles. The molecule has 2 aromatic rings. The van der Waals surface area contributed by atoms with Gasteiger partial charge in [0.1, 0.15) is 11.6 Å². The van der Waals surface area contributed by atoms with Crippen molar-refractivity contribution in [3.8, 4) is 0 Å². The van der Waals surface area contributed by atoms with Crippen molar-refractivity contribution in [2.24, 2.45) is 0 Å². The summed E-state index contributed by atoms with van der Waals surface area (Å²) < 4.78 is 27.0. The van der Waals surface area contributed by atoms with Crippen molar-refractivity contribution in [1.29, 1.82) is 0 Å². The van der Waals surface area contributed by atoms with Crippen LogP contribution in [0.2, 0.25) is 5.02 Å². The molecule has 0 aliphatic rings. The highest BCUT2D eigenvalue weighted by atomic mass is 35.5. The second-order valence-corrected chi connectivity index (χ2v) is 4.78. The van der Waals surface area contributed by atoms with Crippen LogP contribution in [-0.4, -0.2) is 5.78 Å². The lowest BCUT2D eigenvalue weighted by molar-refractivity contribution is 0.103. The quantitative estimate of drug-likeness (QED) is 0.586. The first-order valence-corrected chi connectivity index (χ1v) is 6.04. The first-order chi connectivity index (χ1) is 8.90. The summed E-state index contributed by atoms with van der Waals surface area (Å²) >= 11 is 5.46. The summed E-state index contributed by atoms with van der Waals surface area (Å²) in [6.07, 6.45) is 0. The van der Waals surface area contributed by atoms with Gasteiger partial charge in [0.05, 0.1) is 10.6 Å². The second kappa shape index (κ2) is 5.10. The third-order valence-corrected chi connectivity index (χ3v) is 3.31. The van der Waals surface area contributed by atoms with Gasteiger partial charge in [-0.15, -0.1) is 0 Å². The zero-order valence-corrected chi connectivity index (χ0v) is 11.2. The standard InChI is InChI=1S/C15H11ClF2O/c1-8-3-4-10(5-9(8)2)15(19)11-6-14(18)12(16)7-13(11)17/h3-7H,1-2H3. The molecule has 0 aliphatic heterocycles. The molecule has 4 heteroatoms. The molecule has 0 N–H and O–H groups in total. The fourth-order valence-electron chi connectivity index (χ4n) is 1.73. The predicted octanol–water partition coefficient (Wildman–Crippen LogP) is 4.47. The van der Waals surface area contributed by atoms with E-state index in [1.807, 2.05) is 13.8 Å². The molecule has 0 aliphatic carbocycles. The lowest BCUT2D eigenvalue weighted by atomic mass is 9.99. The van der Waals surface area contributed by atoms with Gasteiger partial charge in [0.2, 0.25) is 0 Å². The van der Waals surface area contributed by atoms with E-state index in [4.69, 9.17) is 11.6 Å². The molecule has 0 fully saturated rings. The van der Waals surface area contributed by atoms with Crippen molar-refractivity contribution >= 4 is 17.4 Å². The first-order valence-electron chi connectivity index (χ1n) is 5.66. The summed E-state index contributed by atoms with van der Waals surface area (Å²) in [5, 5.41) is -0.339. The van der Waals surface area contributed by atoms with Crippen LogP contribution in [0.5, 0.6) is 0 Å². The number of carbonyl (C=O) groups is 1. The van der Waals surface area contributed by atoms with Gasteiger partial charge in [0, 0.05) is 5.56 Å². The first kappa shape index (κ1) is 13.7. The topological polar surface area (TPSA) is 17.1 Å². The predicted molar refractivity (Wildman–Crippen MR) is 70.7 cm³/mol. The van der Waals surface area contributed by atoms with E-state index in [1.54, 1.807) is 18.2 Å². The monoisotopic (exact) mass is 280 g/mol. The van der Waals surface area contributed by atoms with Gasteiger partial charge in [0.25, 0.3) is 0 Å². The summed E-state index contributed by atoms with van der Waals surface area (Å²) in [6.45, 7) is 3.76. The van der Waals surface area contributed by atoms with E-state index in [-0.39, 0.29) is 10.6 Å². The van der Waals surface area contributed by atoms with Crippen LogP contribution in [0.3, 0.4) is 0 Å². The molecule has 0 unspecified atom stereocenters. The highest BCUT2D eigenvalue weighted by molar-refractivity contribution is 6.30. The molecule has 0 spiro atoms. The van der Waals surface area contributed by atoms with E-state index >= 15 is 0 Å². The minimum absolute atomic E-state index is 0.315. The van der Waals surface area contributed by atoms with Crippen LogP contribution < -0.4 is 0 Å². The summed E-state index contributed by atoms with van der Waals surface area (Å²) in [4.78, 5) is 12.1. The average Bonchev–Trinajstić information content (AvgIpc) is 2.36. The zero-order chi connectivity index (χ0) is 14.2. The molecular weight excluding hydrogens is 270 g/mol. The Kier molecular flexibility index (Phi) is 3.67. The average molecular weight is 281 g/mol. The van der Waals surface area contributed by atoms with Crippen molar-refractivity contribution in [3.05, 3.63) is 69.2 Å². The highest BCUT2D eigenvalue weighted by Crippen LogP contribution is 2.22. The molecule has 0 saturated carbocycles. The zero-order valence-electron chi connectivity index (χ0n) is 10.4. The third-order valence-electron chi connectivity index (χ3n) is 3.02. The maximum absolute atomic E-state index is 13.7. The largest absolute Gasteiger partial charge is 0.288 e. The van der Waals surface area contributed by atoms with Crippen molar-refractivity contribution in [2.75, 3.05) is 0 Å². The fourth-order valence-corrected chi connectivity index (χ4v) is 1.89. The van der Waals surface area contributed by atoms with Crippen LogP contribution in [0.4, 0.5) is 8.78 Å². The van der Waals surface area contributed by atoms with Crippen molar-refractivity contribution in [2.45, 2.75) is 13.8 Å². The van der Waals surface area contributed by atoms with Gasteiger partial charge in [-0.25, -0.2) is 8.78 Å². The molecule has 0 saturated heterocycles. The van der Waals surface area contributed by atoms with E-state index in [2.05, 4.69) is 0 Å². The number of aryl methyl sites for hydroxylation is 2.